The molecule has 3 aromatic rings. The van der Waals surface area contributed by atoms with Gasteiger partial charge in [0.15, 0.2) is 0 Å². The van der Waals surface area contributed by atoms with E-state index >= 15 is 0 Å². The zero-order valence-electron chi connectivity index (χ0n) is 13.3. The van der Waals surface area contributed by atoms with Gasteiger partial charge in [0.2, 0.25) is 0 Å². The smallest absolute Gasteiger partial charge is 0.104 e. The molecule has 0 atom stereocenters. The van der Waals surface area contributed by atoms with Gasteiger partial charge in [-0.25, -0.2) is 0 Å². The summed E-state index contributed by atoms with van der Waals surface area (Å²) >= 11 is 1.88. The maximum absolute atomic E-state index is 5.96. The lowest BCUT2D eigenvalue weighted by molar-refractivity contribution is 0.464. The molecular formula is C20H22OS. The zero-order valence-corrected chi connectivity index (χ0v) is 14.1. The highest BCUT2D eigenvalue weighted by Gasteiger charge is 2.04. The van der Waals surface area contributed by atoms with Crippen molar-refractivity contribution in [3.05, 3.63) is 80.9 Å². The molecule has 0 saturated heterocycles. The van der Waals surface area contributed by atoms with Crippen LogP contribution in [0, 0.1) is 13.8 Å². The summed E-state index contributed by atoms with van der Waals surface area (Å²) in [5.41, 5.74) is 2.69. The third-order valence-electron chi connectivity index (χ3n) is 3.91. The van der Waals surface area contributed by atoms with Crippen LogP contribution >= 0.6 is 11.3 Å². The van der Waals surface area contributed by atoms with Crippen LogP contribution in [-0.4, -0.2) is 0 Å². The molecule has 0 aliphatic heterocycles. The highest BCUT2D eigenvalue weighted by atomic mass is 32.1. The van der Waals surface area contributed by atoms with E-state index < -0.39 is 0 Å². The lowest BCUT2D eigenvalue weighted by Gasteiger charge is -2.00. The van der Waals surface area contributed by atoms with Gasteiger partial charge in [0.1, 0.15) is 11.5 Å². The molecule has 0 spiro atoms. The van der Waals surface area contributed by atoms with Crippen molar-refractivity contribution in [1.82, 2.24) is 0 Å². The van der Waals surface area contributed by atoms with E-state index in [0.717, 1.165) is 37.2 Å². The van der Waals surface area contributed by atoms with Crippen molar-refractivity contribution in [1.29, 1.82) is 0 Å². The first kappa shape index (κ1) is 15.1. The molecule has 0 bridgehead atoms. The van der Waals surface area contributed by atoms with Crippen molar-refractivity contribution in [3.63, 3.8) is 0 Å². The summed E-state index contributed by atoms with van der Waals surface area (Å²) in [5.74, 6) is 2.20. The molecule has 1 nitrogen and oxygen atoms in total. The Morgan fingerprint density at radius 1 is 0.727 bits per heavy atom. The molecule has 0 saturated carbocycles. The van der Waals surface area contributed by atoms with Crippen LogP contribution in [0.15, 0.2) is 52.9 Å². The summed E-state index contributed by atoms with van der Waals surface area (Å²) in [5, 5.41) is 0. The summed E-state index contributed by atoms with van der Waals surface area (Å²) in [6.45, 7) is 4.28. The normalized spacial score (nSPS) is 11.0. The molecule has 3 rings (SSSR count). The van der Waals surface area contributed by atoms with E-state index in [-0.39, 0.29) is 0 Å². The van der Waals surface area contributed by atoms with E-state index in [1.807, 2.05) is 11.3 Å². The zero-order chi connectivity index (χ0) is 15.4. The lowest BCUT2D eigenvalue weighted by atomic mass is 10.1. The molecule has 1 aromatic carbocycles. The van der Waals surface area contributed by atoms with Crippen LogP contribution in [0.5, 0.6) is 0 Å². The predicted molar refractivity (Wildman–Crippen MR) is 93.8 cm³/mol. The minimum atomic E-state index is 0.973. The number of hydrogen-bond acceptors (Lipinski definition) is 2. The van der Waals surface area contributed by atoms with E-state index in [0.29, 0.717) is 0 Å². The lowest BCUT2D eigenvalue weighted by Crippen LogP contribution is -1.90. The van der Waals surface area contributed by atoms with Crippen LogP contribution in [0.1, 0.15) is 32.4 Å². The Kier molecular flexibility index (Phi) is 4.79. The van der Waals surface area contributed by atoms with Gasteiger partial charge in [0.05, 0.1) is 0 Å². The highest BCUT2D eigenvalue weighted by Crippen LogP contribution is 2.19. The molecule has 2 heteroatoms. The number of benzene rings is 1. The molecule has 0 fully saturated rings. The molecule has 114 valence electrons. The third-order valence-corrected chi connectivity index (χ3v) is 4.97. The monoisotopic (exact) mass is 310 g/mol. The van der Waals surface area contributed by atoms with Gasteiger partial charge in [-0.05, 0) is 56.5 Å². The first-order valence-electron chi connectivity index (χ1n) is 7.87. The fraction of sp³-hybridized carbons (Fsp3) is 0.300. The minimum absolute atomic E-state index is 0.973. The quantitative estimate of drug-likeness (QED) is 0.583. The fourth-order valence-electron chi connectivity index (χ4n) is 2.58. The number of hydrogen-bond donors (Lipinski definition) is 0. The van der Waals surface area contributed by atoms with Crippen molar-refractivity contribution in [2.45, 2.75) is 39.5 Å². The molecule has 0 unspecified atom stereocenters. The second-order valence-electron chi connectivity index (χ2n) is 5.87. The summed E-state index contributed by atoms with van der Waals surface area (Å²) in [7, 11) is 0. The van der Waals surface area contributed by atoms with Crippen LogP contribution in [0.4, 0.5) is 0 Å². The Balaban J connectivity index is 1.51. The van der Waals surface area contributed by atoms with Crippen molar-refractivity contribution in [2.24, 2.45) is 0 Å². The van der Waals surface area contributed by atoms with Crippen molar-refractivity contribution in [3.8, 4) is 0 Å². The molecular weight excluding hydrogens is 288 g/mol. The summed E-state index contributed by atoms with van der Waals surface area (Å²) in [4.78, 5) is 2.82. The van der Waals surface area contributed by atoms with Gasteiger partial charge in [0, 0.05) is 22.6 Å². The number of aryl methyl sites for hydroxylation is 6. The van der Waals surface area contributed by atoms with Crippen molar-refractivity contribution >= 4 is 11.3 Å². The number of rotatable bonds is 6. The first-order chi connectivity index (χ1) is 10.7. The van der Waals surface area contributed by atoms with E-state index in [2.05, 4.69) is 62.4 Å². The molecule has 0 aliphatic rings. The summed E-state index contributed by atoms with van der Waals surface area (Å²) in [6.07, 6.45) is 4.08. The standard InChI is InChI=1S/C20H22OS/c1-15-3-6-17(7-4-15)8-9-18-10-11-19(21-18)12-14-20-13-5-16(2)22-20/h3-7,10-11,13H,8-9,12,14H2,1-2H3. The van der Waals surface area contributed by atoms with Crippen molar-refractivity contribution in [2.75, 3.05) is 0 Å². The third kappa shape index (κ3) is 4.11. The largest absolute Gasteiger partial charge is 0.466 e. The van der Waals surface area contributed by atoms with Crippen LogP contribution in [-0.2, 0) is 25.7 Å². The molecule has 0 amide bonds. The number of furan rings is 1. The van der Waals surface area contributed by atoms with Crippen LogP contribution in [0.25, 0.3) is 0 Å². The van der Waals surface area contributed by atoms with Crippen LogP contribution in [0.3, 0.4) is 0 Å². The average Bonchev–Trinajstić information content (AvgIpc) is 3.13. The van der Waals surface area contributed by atoms with Gasteiger partial charge in [-0.3, -0.25) is 0 Å². The average molecular weight is 310 g/mol. The second-order valence-corrected chi connectivity index (χ2v) is 7.24. The van der Waals surface area contributed by atoms with Crippen LogP contribution < -0.4 is 0 Å². The number of thiophene rings is 1. The maximum Gasteiger partial charge on any atom is 0.104 e. The van der Waals surface area contributed by atoms with Gasteiger partial charge in [-0.15, -0.1) is 11.3 Å². The van der Waals surface area contributed by atoms with Gasteiger partial charge in [-0.1, -0.05) is 29.8 Å². The van der Waals surface area contributed by atoms with E-state index in [4.69, 9.17) is 4.42 Å². The highest BCUT2D eigenvalue weighted by molar-refractivity contribution is 7.11. The maximum atomic E-state index is 5.96. The Bertz CT molecular complexity index is 718. The molecule has 0 aliphatic carbocycles. The minimum Gasteiger partial charge on any atom is -0.466 e. The van der Waals surface area contributed by atoms with Gasteiger partial charge in [0.25, 0.3) is 0 Å². The molecule has 0 radical (unpaired) electrons. The van der Waals surface area contributed by atoms with E-state index in [1.165, 1.54) is 20.9 Å². The molecule has 2 aromatic heterocycles. The fourth-order valence-corrected chi connectivity index (χ4v) is 3.47. The summed E-state index contributed by atoms with van der Waals surface area (Å²) < 4.78 is 5.96. The van der Waals surface area contributed by atoms with E-state index in [1.54, 1.807) is 0 Å². The molecule has 22 heavy (non-hydrogen) atoms. The van der Waals surface area contributed by atoms with Crippen molar-refractivity contribution < 1.29 is 4.42 Å². The van der Waals surface area contributed by atoms with Crippen LogP contribution in [0.2, 0.25) is 0 Å². The Labute approximate surface area is 136 Å². The van der Waals surface area contributed by atoms with Gasteiger partial charge >= 0.3 is 0 Å². The summed E-state index contributed by atoms with van der Waals surface area (Å²) in [6, 6.07) is 17.4. The van der Waals surface area contributed by atoms with E-state index in [9.17, 15) is 0 Å². The first-order valence-corrected chi connectivity index (χ1v) is 8.69. The van der Waals surface area contributed by atoms with Gasteiger partial charge < -0.3 is 4.42 Å². The molecule has 2 heterocycles. The Morgan fingerprint density at radius 2 is 1.41 bits per heavy atom. The Morgan fingerprint density at radius 3 is 2.05 bits per heavy atom. The Hall–Kier alpha value is -1.80. The van der Waals surface area contributed by atoms with Gasteiger partial charge in [-0.2, -0.15) is 0 Å². The second kappa shape index (κ2) is 6.97. The topological polar surface area (TPSA) is 13.1 Å². The molecule has 0 N–H and O–H groups in total. The predicted octanol–water partition coefficient (Wildman–Crippen LogP) is 5.53. The SMILES string of the molecule is Cc1ccc(CCc2ccc(CCc3ccc(C)s3)o2)cc1.